The van der Waals surface area contributed by atoms with Crippen LogP contribution in [-0.2, 0) is 0 Å². The Kier molecular flexibility index (Phi) is 5.76. The molecule has 0 amide bonds. The molecule has 1 aromatic rings. The molecule has 0 aliphatic rings. The summed E-state index contributed by atoms with van der Waals surface area (Å²) in [6.45, 7) is 4.33. The molecule has 1 aromatic carbocycles. The van der Waals surface area contributed by atoms with E-state index in [2.05, 4.69) is 43.1 Å². The summed E-state index contributed by atoms with van der Waals surface area (Å²) in [5.41, 5.74) is 2.35. The number of aryl methyl sites for hydroxylation is 1. The van der Waals surface area contributed by atoms with Crippen LogP contribution in [0.25, 0.3) is 0 Å². The van der Waals surface area contributed by atoms with Crippen LogP contribution in [-0.4, -0.2) is 6.21 Å². The Morgan fingerprint density at radius 1 is 1.07 bits per heavy atom. The Bertz CT molecular complexity index is 285. The summed E-state index contributed by atoms with van der Waals surface area (Å²) in [5.74, 6) is 0. The van der Waals surface area contributed by atoms with E-state index in [4.69, 9.17) is 0 Å². The molecule has 0 unspecified atom stereocenters. The van der Waals surface area contributed by atoms with Gasteiger partial charge in [-0.05, 0) is 31.9 Å². The van der Waals surface area contributed by atoms with Crippen molar-refractivity contribution in [3.63, 3.8) is 0 Å². The van der Waals surface area contributed by atoms with Crippen molar-refractivity contribution in [1.29, 1.82) is 0 Å². The summed E-state index contributed by atoms with van der Waals surface area (Å²) < 4.78 is 0. The quantitative estimate of drug-likeness (QED) is 0.470. The largest absolute Gasteiger partial charge is 0.261 e. The fourth-order valence-corrected chi connectivity index (χ4v) is 1.46. The smallest absolute Gasteiger partial charge is 0.0625 e. The Labute approximate surface area is 93.2 Å². The van der Waals surface area contributed by atoms with Crippen molar-refractivity contribution in [1.82, 2.24) is 0 Å². The lowest BCUT2D eigenvalue weighted by Crippen LogP contribution is -1.78. The maximum absolute atomic E-state index is 4.42. The predicted molar refractivity (Wildman–Crippen MR) is 68.1 cm³/mol. The maximum Gasteiger partial charge on any atom is 0.0625 e. The van der Waals surface area contributed by atoms with E-state index in [1.807, 2.05) is 6.21 Å². The van der Waals surface area contributed by atoms with Gasteiger partial charge in [-0.15, -0.1) is 0 Å². The number of nitrogens with zero attached hydrogens (tertiary/aromatic N) is 1. The summed E-state index contributed by atoms with van der Waals surface area (Å²) in [5, 5.41) is 0. The van der Waals surface area contributed by atoms with Gasteiger partial charge in [0.05, 0.1) is 5.69 Å². The molecule has 0 spiro atoms. The van der Waals surface area contributed by atoms with E-state index in [-0.39, 0.29) is 0 Å². The third-order valence-corrected chi connectivity index (χ3v) is 2.46. The van der Waals surface area contributed by atoms with Crippen molar-refractivity contribution in [3.05, 3.63) is 29.8 Å². The van der Waals surface area contributed by atoms with Crippen LogP contribution >= 0.6 is 0 Å². The van der Waals surface area contributed by atoms with Crippen LogP contribution in [0.5, 0.6) is 0 Å². The average molecular weight is 203 g/mol. The molecule has 1 heteroatoms. The topological polar surface area (TPSA) is 12.4 Å². The standard InChI is InChI=1S/C14H21N/c1-3-4-5-6-7-12-15-14-10-8-13(2)9-11-14/h8-12H,3-7H2,1-2H3. The zero-order chi connectivity index (χ0) is 10.9. The number of hydrogen-bond acceptors (Lipinski definition) is 1. The SMILES string of the molecule is CCCCCCC=Nc1ccc(C)cc1. The van der Waals surface area contributed by atoms with Gasteiger partial charge >= 0.3 is 0 Å². The normalized spacial score (nSPS) is 11.1. The fourth-order valence-electron chi connectivity index (χ4n) is 1.46. The highest BCUT2D eigenvalue weighted by Crippen LogP contribution is 2.12. The first-order chi connectivity index (χ1) is 7.33. The Hall–Kier alpha value is -1.11. The third-order valence-electron chi connectivity index (χ3n) is 2.46. The van der Waals surface area contributed by atoms with E-state index in [9.17, 15) is 0 Å². The van der Waals surface area contributed by atoms with Gasteiger partial charge in [0.15, 0.2) is 0 Å². The predicted octanol–water partition coefficient (Wildman–Crippen LogP) is 4.67. The van der Waals surface area contributed by atoms with Crippen LogP contribution in [0.2, 0.25) is 0 Å². The van der Waals surface area contributed by atoms with Crippen LogP contribution in [0, 0.1) is 6.92 Å². The maximum atomic E-state index is 4.42. The Morgan fingerprint density at radius 3 is 2.47 bits per heavy atom. The van der Waals surface area contributed by atoms with Gasteiger partial charge in [-0.25, -0.2) is 0 Å². The molecule has 0 fully saturated rings. The molecule has 1 nitrogen and oxygen atoms in total. The van der Waals surface area contributed by atoms with E-state index < -0.39 is 0 Å². The van der Waals surface area contributed by atoms with Crippen LogP contribution < -0.4 is 0 Å². The summed E-state index contributed by atoms with van der Waals surface area (Å²) in [4.78, 5) is 4.42. The summed E-state index contributed by atoms with van der Waals surface area (Å²) in [6.07, 6.45) is 8.39. The number of hydrogen-bond donors (Lipinski definition) is 0. The fraction of sp³-hybridized carbons (Fsp3) is 0.500. The molecule has 0 radical (unpaired) electrons. The van der Waals surface area contributed by atoms with E-state index in [0.29, 0.717) is 0 Å². The van der Waals surface area contributed by atoms with Gasteiger partial charge in [0.2, 0.25) is 0 Å². The van der Waals surface area contributed by atoms with Gasteiger partial charge in [-0.3, -0.25) is 4.99 Å². The van der Waals surface area contributed by atoms with Crippen molar-refractivity contribution in [3.8, 4) is 0 Å². The van der Waals surface area contributed by atoms with Crippen LogP contribution in [0.1, 0.15) is 44.6 Å². The molecule has 0 aromatic heterocycles. The van der Waals surface area contributed by atoms with Crippen molar-refractivity contribution < 1.29 is 0 Å². The molecular weight excluding hydrogens is 182 g/mol. The Morgan fingerprint density at radius 2 is 1.80 bits per heavy atom. The molecule has 0 saturated heterocycles. The monoisotopic (exact) mass is 203 g/mol. The first-order valence-corrected chi connectivity index (χ1v) is 5.92. The average Bonchev–Trinajstić information content (AvgIpc) is 2.26. The second-order valence-corrected chi connectivity index (χ2v) is 4.00. The molecule has 0 heterocycles. The lowest BCUT2D eigenvalue weighted by Gasteiger charge is -1.95. The van der Waals surface area contributed by atoms with Crippen molar-refractivity contribution in [2.75, 3.05) is 0 Å². The van der Waals surface area contributed by atoms with Crippen molar-refractivity contribution in [2.45, 2.75) is 46.0 Å². The van der Waals surface area contributed by atoms with E-state index in [0.717, 1.165) is 12.1 Å². The molecular formula is C14H21N. The number of aliphatic imine (C=N–C) groups is 1. The number of benzene rings is 1. The van der Waals surface area contributed by atoms with Crippen LogP contribution in [0.3, 0.4) is 0 Å². The highest BCUT2D eigenvalue weighted by molar-refractivity contribution is 5.63. The zero-order valence-corrected chi connectivity index (χ0v) is 9.87. The lowest BCUT2D eigenvalue weighted by atomic mass is 10.2. The van der Waals surface area contributed by atoms with Crippen LogP contribution in [0.15, 0.2) is 29.3 Å². The second-order valence-electron chi connectivity index (χ2n) is 4.00. The van der Waals surface area contributed by atoms with Gasteiger partial charge in [0, 0.05) is 6.21 Å². The molecule has 1 rings (SSSR count). The first-order valence-electron chi connectivity index (χ1n) is 5.92. The molecule has 0 saturated carbocycles. The third kappa shape index (κ3) is 5.36. The minimum atomic E-state index is 1.07. The van der Waals surface area contributed by atoms with Crippen LogP contribution in [0.4, 0.5) is 5.69 Å². The minimum Gasteiger partial charge on any atom is -0.261 e. The second kappa shape index (κ2) is 7.22. The van der Waals surface area contributed by atoms with Gasteiger partial charge in [-0.1, -0.05) is 43.9 Å². The minimum absolute atomic E-state index is 1.07. The van der Waals surface area contributed by atoms with E-state index >= 15 is 0 Å². The summed E-state index contributed by atoms with van der Waals surface area (Å²) in [7, 11) is 0. The molecule has 0 atom stereocenters. The lowest BCUT2D eigenvalue weighted by molar-refractivity contribution is 0.685. The van der Waals surface area contributed by atoms with Crippen molar-refractivity contribution in [2.24, 2.45) is 4.99 Å². The molecule has 0 bridgehead atoms. The first kappa shape index (κ1) is 12.0. The number of rotatable bonds is 6. The molecule has 82 valence electrons. The Balaban J connectivity index is 2.23. The molecule has 15 heavy (non-hydrogen) atoms. The summed E-state index contributed by atoms with van der Waals surface area (Å²) >= 11 is 0. The molecule has 0 N–H and O–H groups in total. The van der Waals surface area contributed by atoms with Gasteiger partial charge < -0.3 is 0 Å². The highest BCUT2D eigenvalue weighted by atomic mass is 14.7. The number of unbranched alkanes of at least 4 members (excludes halogenated alkanes) is 4. The van der Waals surface area contributed by atoms with Crippen molar-refractivity contribution >= 4 is 11.9 Å². The van der Waals surface area contributed by atoms with Gasteiger partial charge in [0.1, 0.15) is 0 Å². The van der Waals surface area contributed by atoms with Gasteiger partial charge in [0.25, 0.3) is 0 Å². The van der Waals surface area contributed by atoms with E-state index in [1.54, 1.807) is 0 Å². The summed E-state index contributed by atoms with van der Waals surface area (Å²) in [6, 6.07) is 8.34. The molecule has 0 aliphatic heterocycles. The highest BCUT2D eigenvalue weighted by Gasteiger charge is 1.88. The molecule has 0 aliphatic carbocycles. The zero-order valence-electron chi connectivity index (χ0n) is 9.87. The van der Waals surface area contributed by atoms with Gasteiger partial charge in [-0.2, -0.15) is 0 Å². The van der Waals surface area contributed by atoms with E-state index in [1.165, 1.54) is 31.2 Å².